The second kappa shape index (κ2) is 5.35. The van der Waals surface area contributed by atoms with Gasteiger partial charge in [-0.2, -0.15) is 0 Å². The monoisotopic (exact) mass is 238 g/mol. The molecule has 1 fully saturated rings. The molecule has 94 valence electrons. The van der Waals surface area contributed by atoms with E-state index in [1.807, 2.05) is 0 Å². The van der Waals surface area contributed by atoms with E-state index in [2.05, 4.69) is 10.2 Å². The number of nitrogens with one attached hydrogen (secondary N) is 1. The lowest BCUT2D eigenvalue weighted by atomic mass is 10.0. The van der Waals surface area contributed by atoms with Crippen LogP contribution < -0.4 is 5.32 Å². The number of benzene rings is 1. The zero-order valence-electron chi connectivity index (χ0n) is 9.63. The third-order valence-corrected chi connectivity index (χ3v) is 3.14. The highest BCUT2D eigenvalue weighted by atomic mass is 16.3. The summed E-state index contributed by atoms with van der Waals surface area (Å²) in [6, 6.07) is 4.14. The van der Waals surface area contributed by atoms with Crippen molar-refractivity contribution in [1.82, 2.24) is 10.2 Å². The van der Waals surface area contributed by atoms with Gasteiger partial charge in [0.1, 0.15) is 11.5 Å². The van der Waals surface area contributed by atoms with E-state index in [9.17, 15) is 15.3 Å². The number of phenols is 2. The van der Waals surface area contributed by atoms with Crippen molar-refractivity contribution < 1.29 is 15.3 Å². The molecular formula is C12H18N2O3. The van der Waals surface area contributed by atoms with Crippen LogP contribution >= 0.6 is 0 Å². The van der Waals surface area contributed by atoms with E-state index < -0.39 is 0 Å². The predicted octanol–water partition coefficient (Wildman–Crippen LogP) is 0.0364. The number of piperazine rings is 1. The zero-order valence-corrected chi connectivity index (χ0v) is 9.63. The molecule has 0 amide bonds. The van der Waals surface area contributed by atoms with Crippen LogP contribution in [0.2, 0.25) is 0 Å². The number of rotatable bonds is 3. The minimum absolute atomic E-state index is 0.0724. The molecule has 5 heteroatoms. The highest BCUT2D eigenvalue weighted by Crippen LogP contribution is 2.31. The molecule has 0 saturated carbocycles. The van der Waals surface area contributed by atoms with E-state index in [4.69, 9.17) is 0 Å². The van der Waals surface area contributed by atoms with Gasteiger partial charge < -0.3 is 20.6 Å². The lowest BCUT2D eigenvalue weighted by Gasteiger charge is -2.34. The minimum Gasteiger partial charge on any atom is -0.508 e. The van der Waals surface area contributed by atoms with Crippen molar-refractivity contribution in [1.29, 1.82) is 0 Å². The lowest BCUT2D eigenvalue weighted by molar-refractivity contribution is 0.109. The van der Waals surface area contributed by atoms with Crippen molar-refractivity contribution in [2.45, 2.75) is 6.04 Å². The van der Waals surface area contributed by atoms with Gasteiger partial charge in [-0.3, -0.25) is 4.90 Å². The van der Waals surface area contributed by atoms with Gasteiger partial charge in [0.05, 0.1) is 12.6 Å². The Morgan fingerprint density at radius 2 is 1.94 bits per heavy atom. The number of phenolic OH excluding ortho intramolecular Hbond substituents is 2. The standard InChI is InChI=1S/C12H18N2O3/c15-8-11(14-5-3-13-4-6-14)10-7-9(16)1-2-12(10)17/h1-2,7,11,13,15-17H,3-6,8H2/t11-/m1/s1. The number of hydrogen-bond donors (Lipinski definition) is 4. The Balaban J connectivity index is 2.24. The molecule has 0 aromatic heterocycles. The van der Waals surface area contributed by atoms with Gasteiger partial charge >= 0.3 is 0 Å². The Hall–Kier alpha value is -1.30. The summed E-state index contributed by atoms with van der Waals surface area (Å²) >= 11 is 0. The quantitative estimate of drug-likeness (QED) is 0.559. The smallest absolute Gasteiger partial charge is 0.120 e. The Labute approximate surface area is 100 Å². The van der Waals surface area contributed by atoms with Gasteiger partial charge in [0.25, 0.3) is 0 Å². The first kappa shape index (κ1) is 12.2. The van der Waals surface area contributed by atoms with Gasteiger partial charge in [0.15, 0.2) is 0 Å². The largest absolute Gasteiger partial charge is 0.508 e. The molecule has 0 spiro atoms. The van der Waals surface area contributed by atoms with Crippen LogP contribution in [0.3, 0.4) is 0 Å². The maximum atomic E-state index is 9.80. The van der Waals surface area contributed by atoms with E-state index in [0.717, 1.165) is 26.2 Å². The molecule has 1 aliphatic heterocycles. The topological polar surface area (TPSA) is 76.0 Å². The molecule has 1 saturated heterocycles. The molecule has 5 nitrogen and oxygen atoms in total. The molecule has 0 aliphatic carbocycles. The minimum atomic E-state index is -0.260. The van der Waals surface area contributed by atoms with Crippen molar-refractivity contribution in [2.24, 2.45) is 0 Å². The highest BCUT2D eigenvalue weighted by Gasteiger charge is 2.23. The number of aliphatic hydroxyl groups excluding tert-OH is 1. The number of aliphatic hydroxyl groups is 1. The first-order valence-corrected chi connectivity index (χ1v) is 5.80. The molecule has 0 bridgehead atoms. The van der Waals surface area contributed by atoms with Crippen LogP contribution in [0, 0.1) is 0 Å². The van der Waals surface area contributed by atoms with Gasteiger partial charge in [-0.05, 0) is 18.2 Å². The number of hydrogen-bond acceptors (Lipinski definition) is 5. The van der Waals surface area contributed by atoms with Gasteiger partial charge in [0, 0.05) is 31.7 Å². The van der Waals surface area contributed by atoms with Crippen LogP contribution in [0.15, 0.2) is 18.2 Å². The fourth-order valence-corrected chi connectivity index (χ4v) is 2.21. The third kappa shape index (κ3) is 2.69. The summed E-state index contributed by atoms with van der Waals surface area (Å²) in [5.74, 6) is 0.215. The molecule has 0 radical (unpaired) electrons. The summed E-state index contributed by atoms with van der Waals surface area (Å²) in [7, 11) is 0. The summed E-state index contributed by atoms with van der Waals surface area (Å²) in [6.07, 6.45) is 0. The van der Waals surface area contributed by atoms with Crippen LogP contribution in [0.1, 0.15) is 11.6 Å². The molecule has 4 N–H and O–H groups in total. The van der Waals surface area contributed by atoms with Crippen LogP contribution in [-0.4, -0.2) is 53.0 Å². The first-order chi connectivity index (χ1) is 8.22. The van der Waals surface area contributed by atoms with E-state index >= 15 is 0 Å². The Morgan fingerprint density at radius 1 is 1.24 bits per heavy atom. The van der Waals surface area contributed by atoms with Crippen LogP contribution in [0.25, 0.3) is 0 Å². The van der Waals surface area contributed by atoms with E-state index in [1.54, 1.807) is 0 Å². The van der Waals surface area contributed by atoms with Gasteiger partial charge in [-0.15, -0.1) is 0 Å². The average Bonchev–Trinajstić information content (AvgIpc) is 2.36. The maximum Gasteiger partial charge on any atom is 0.120 e. The normalized spacial score (nSPS) is 19.1. The average molecular weight is 238 g/mol. The second-order valence-electron chi connectivity index (χ2n) is 4.23. The Kier molecular flexibility index (Phi) is 3.83. The maximum absolute atomic E-state index is 9.80. The van der Waals surface area contributed by atoms with Crippen LogP contribution in [0.4, 0.5) is 0 Å². The molecule has 1 aromatic rings. The summed E-state index contributed by atoms with van der Waals surface area (Å²) in [5.41, 5.74) is 0.578. The highest BCUT2D eigenvalue weighted by molar-refractivity contribution is 5.40. The van der Waals surface area contributed by atoms with Gasteiger partial charge in [-0.1, -0.05) is 0 Å². The van der Waals surface area contributed by atoms with Crippen molar-refractivity contribution in [3.05, 3.63) is 23.8 Å². The fraction of sp³-hybridized carbons (Fsp3) is 0.500. The zero-order chi connectivity index (χ0) is 12.3. The molecule has 0 unspecified atom stereocenters. The Morgan fingerprint density at radius 3 is 2.59 bits per heavy atom. The molecular weight excluding hydrogens is 220 g/mol. The molecule has 1 aromatic carbocycles. The first-order valence-electron chi connectivity index (χ1n) is 5.80. The van der Waals surface area contributed by atoms with Crippen molar-refractivity contribution in [3.63, 3.8) is 0 Å². The van der Waals surface area contributed by atoms with Crippen molar-refractivity contribution in [2.75, 3.05) is 32.8 Å². The van der Waals surface area contributed by atoms with Crippen LogP contribution in [-0.2, 0) is 0 Å². The summed E-state index contributed by atoms with van der Waals surface area (Å²) in [5, 5.41) is 32.0. The van der Waals surface area contributed by atoms with Gasteiger partial charge in [0.2, 0.25) is 0 Å². The molecule has 1 heterocycles. The molecule has 1 atom stereocenters. The SMILES string of the molecule is OC[C@H](c1cc(O)ccc1O)N1CCNCC1. The molecule has 2 rings (SSSR count). The van der Waals surface area contributed by atoms with Gasteiger partial charge in [-0.25, -0.2) is 0 Å². The fourth-order valence-electron chi connectivity index (χ4n) is 2.21. The predicted molar refractivity (Wildman–Crippen MR) is 64.0 cm³/mol. The van der Waals surface area contributed by atoms with Crippen molar-refractivity contribution >= 4 is 0 Å². The van der Waals surface area contributed by atoms with E-state index in [0.29, 0.717) is 5.56 Å². The summed E-state index contributed by atoms with van der Waals surface area (Å²) < 4.78 is 0. The number of aromatic hydroxyl groups is 2. The van der Waals surface area contributed by atoms with E-state index in [-0.39, 0.29) is 24.1 Å². The van der Waals surface area contributed by atoms with E-state index in [1.165, 1.54) is 18.2 Å². The third-order valence-electron chi connectivity index (χ3n) is 3.14. The molecule has 17 heavy (non-hydrogen) atoms. The number of nitrogens with zero attached hydrogens (tertiary/aromatic N) is 1. The van der Waals surface area contributed by atoms with Crippen molar-refractivity contribution in [3.8, 4) is 11.5 Å². The summed E-state index contributed by atoms with van der Waals surface area (Å²) in [6.45, 7) is 3.31. The molecule has 1 aliphatic rings. The van der Waals surface area contributed by atoms with Crippen LogP contribution in [0.5, 0.6) is 11.5 Å². The Bertz CT molecular complexity index is 378. The lowest BCUT2D eigenvalue weighted by Crippen LogP contribution is -2.46. The second-order valence-corrected chi connectivity index (χ2v) is 4.23. The summed E-state index contributed by atoms with van der Waals surface area (Å²) in [4.78, 5) is 2.10.